The molecule has 158 valence electrons. The summed E-state index contributed by atoms with van der Waals surface area (Å²) in [6.45, 7) is 2.64. The van der Waals surface area contributed by atoms with Gasteiger partial charge in [-0.15, -0.1) is 5.10 Å². The molecular weight excluding hydrogens is 391 g/mol. The van der Waals surface area contributed by atoms with Gasteiger partial charge >= 0.3 is 18.1 Å². The zero-order chi connectivity index (χ0) is 21.6. The lowest BCUT2D eigenvalue weighted by Crippen LogP contribution is -2.52. The molecule has 1 aromatic carbocycles. The summed E-state index contributed by atoms with van der Waals surface area (Å²) >= 11 is 0. The Hall–Kier alpha value is -3.11. The number of likely N-dealkylation sites (tertiary alicyclic amines) is 1. The number of carboxylic acid groups (broad SMARTS) is 1. The van der Waals surface area contributed by atoms with Gasteiger partial charge in [0.15, 0.2) is 5.82 Å². The van der Waals surface area contributed by atoms with Crippen molar-refractivity contribution in [2.75, 3.05) is 12.3 Å². The normalized spacial score (nSPS) is 16.7. The number of carboxylic acids is 1. The van der Waals surface area contributed by atoms with Crippen LogP contribution in [0.1, 0.15) is 26.2 Å². The summed E-state index contributed by atoms with van der Waals surface area (Å²) in [6, 6.07) is 8.57. The number of aliphatic carboxylic acids is 1. The molecule has 1 amide bonds. The van der Waals surface area contributed by atoms with Gasteiger partial charge in [0.2, 0.25) is 5.95 Å². The number of aromatic nitrogens is 3. The lowest BCUT2D eigenvalue weighted by molar-refractivity contribution is -0.191. The highest BCUT2D eigenvalue weighted by molar-refractivity contribution is 5.87. The second-order valence-electron chi connectivity index (χ2n) is 6.32. The summed E-state index contributed by atoms with van der Waals surface area (Å²) in [4.78, 5) is 26.1. The smallest absolute Gasteiger partial charge is 0.471 e. The van der Waals surface area contributed by atoms with Crippen LogP contribution < -0.4 is 5.73 Å². The summed E-state index contributed by atoms with van der Waals surface area (Å²) < 4.78 is 38.1. The summed E-state index contributed by atoms with van der Waals surface area (Å²) in [5.41, 5.74) is 6.59. The Morgan fingerprint density at radius 1 is 1.24 bits per heavy atom. The van der Waals surface area contributed by atoms with Gasteiger partial charge in [-0.1, -0.05) is 30.3 Å². The topological polar surface area (TPSA) is 114 Å². The van der Waals surface area contributed by atoms with Crippen LogP contribution in [-0.4, -0.2) is 55.4 Å². The molecule has 11 heteroatoms. The van der Waals surface area contributed by atoms with E-state index < -0.39 is 24.1 Å². The Labute approximate surface area is 165 Å². The number of carbonyl (C=O) groups is 2. The molecule has 29 heavy (non-hydrogen) atoms. The first-order chi connectivity index (χ1) is 13.6. The third-order valence-corrected chi connectivity index (χ3v) is 4.31. The molecule has 1 aliphatic rings. The van der Waals surface area contributed by atoms with Gasteiger partial charge in [0.1, 0.15) is 6.04 Å². The van der Waals surface area contributed by atoms with Crippen molar-refractivity contribution in [3.05, 3.63) is 30.3 Å². The average molecular weight is 413 g/mol. The van der Waals surface area contributed by atoms with E-state index in [-0.39, 0.29) is 13.0 Å². The zero-order valence-electron chi connectivity index (χ0n) is 15.8. The van der Waals surface area contributed by atoms with Crippen LogP contribution in [0.4, 0.5) is 19.1 Å². The fourth-order valence-corrected chi connectivity index (χ4v) is 2.98. The first-order valence-electron chi connectivity index (χ1n) is 9.01. The summed E-state index contributed by atoms with van der Waals surface area (Å²) in [5.74, 6) is -2.29. The second-order valence-corrected chi connectivity index (χ2v) is 6.32. The van der Waals surface area contributed by atoms with E-state index in [0.717, 1.165) is 17.9 Å². The van der Waals surface area contributed by atoms with Gasteiger partial charge < -0.3 is 15.7 Å². The Kier molecular flexibility index (Phi) is 7.18. The molecule has 1 atom stereocenters. The van der Waals surface area contributed by atoms with Crippen LogP contribution in [0.15, 0.2) is 30.3 Å². The van der Waals surface area contributed by atoms with Crippen molar-refractivity contribution in [2.24, 2.45) is 0 Å². The highest BCUT2D eigenvalue weighted by Crippen LogP contribution is 2.25. The van der Waals surface area contributed by atoms with Crippen LogP contribution in [-0.2, 0) is 16.1 Å². The Morgan fingerprint density at radius 2 is 1.90 bits per heavy atom. The van der Waals surface area contributed by atoms with Gasteiger partial charge in [0.05, 0.1) is 0 Å². The maximum atomic E-state index is 12.1. The zero-order valence-corrected chi connectivity index (χ0v) is 15.8. The third-order valence-electron chi connectivity index (χ3n) is 4.31. The van der Waals surface area contributed by atoms with E-state index in [1.54, 1.807) is 4.68 Å². The minimum atomic E-state index is -5.00. The van der Waals surface area contributed by atoms with Crippen LogP contribution in [0.3, 0.4) is 0 Å². The number of alkyl halides is 3. The van der Waals surface area contributed by atoms with Crippen LogP contribution in [0.25, 0.3) is 11.4 Å². The highest BCUT2D eigenvalue weighted by atomic mass is 19.4. The molecule has 8 nitrogen and oxygen atoms in total. The number of hydrogen-bond acceptors (Lipinski definition) is 5. The minimum absolute atomic E-state index is 0.0805. The molecule has 0 saturated carbocycles. The van der Waals surface area contributed by atoms with E-state index in [2.05, 4.69) is 10.1 Å². The molecule has 0 unspecified atom stereocenters. The number of anilines is 1. The number of nitrogens with zero attached hydrogens (tertiary/aromatic N) is 4. The van der Waals surface area contributed by atoms with Crippen molar-refractivity contribution < 1.29 is 27.9 Å². The molecule has 3 N–H and O–H groups in total. The summed E-state index contributed by atoms with van der Waals surface area (Å²) in [6.07, 6.45) is -3.98. The number of benzene rings is 1. The Bertz CT molecular complexity index is 839. The van der Waals surface area contributed by atoms with Crippen molar-refractivity contribution in [3.8, 4) is 11.4 Å². The van der Waals surface area contributed by atoms with Crippen molar-refractivity contribution in [3.63, 3.8) is 0 Å². The Balaban J connectivity index is 0.000000207. The number of amides is 1. The molecule has 1 fully saturated rings. The number of rotatable bonds is 3. The van der Waals surface area contributed by atoms with E-state index in [4.69, 9.17) is 10.8 Å². The molecule has 0 aliphatic carbocycles. The predicted molar refractivity (Wildman–Crippen MR) is 98.6 cm³/mol. The molecule has 1 aromatic heterocycles. The molecule has 1 aliphatic heterocycles. The second kappa shape index (κ2) is 9.39. The largest absolute Gasteiger partial charge is 0.480 e. The van der Waals surface area contributed by atoms with Crippen LogP contribution >= 0.6 is 0 Å². The van der Waals surface area contributed by atoms with Gasteiger partial charge in [-0.05, 0) is 26.2 Å². The predicted octanol–water partition coefficient (Wildman–Crippen LogP) is 2.56. The molecular formula is C18H22F3N5O3. The van der Waals surface area contributed by atoms with E-state index in [1.165, 1.54) is 0 Å². The van der Waals surface area contributed by atoms with E-state index in [9.17, 15) is 22.8 Å². The van der Waals surface area contributed by atoms with Gasteiger partial charge in [0.25, 0.3) is 0 Å². The fourth-order valence-electron chi connectivity index (χ4n) is 2.98. The maximum absolute atomic E-state index is 12.1. The number of hydrogen-bond donors (Lipinski definition) is 2. The van der Waals surface area contributed by atoms with Gasteiger partial charge in [-0.2, -0.15) is 18.2 Å². The number of aryl methyl sites for hydroxylation is 1. The van der Waals surface area contributed by atoms with Crippen molar-refractivity contribution in [2.45, 2.75) is 44.9 Å². The molecule has 2 heterocycles. The highest BCUT2D eigenvalue weighted by Gasteiger charge is 2.46. The molecule has 1 saturated heterocycles. The number of halogens is 3. The molecule has 0 bridgehead atoms. The maximum Gasteiger partial charge on any atom is 0.471 e. The van der Waals surface area contributed by atoms with Gasteiger partial charge in [0, 0.05) is 18.7 Å². The lowest BCUT2D eigenvalue weighted by Gasteiger charge is -2.33. The molecule has 0 radical (unpaired) electrons. The molecule has 3 rings (SSSR count). The number of carbonyl (C=O) groups excluding carboxylic acids is 1. The molecule has 2 aromatic rings. The van der Waals surface area contributed by atoms with Crippen LogP contribution in [0, 0.1) is 0 Å². The number of piperidine rings is 1. The standard InChI is InChI=1S/C10H12N4.C8H10F3NO3/c1-2-14-9(12-10(11)13-14)8-6-4-3-5-7-8;9-8(10,11)7(15)12-4-2-1-3-5(12)6(13)14/h3-7H,2H2,1H3,(H2,11,13);5H,1-4H2,(H,13,14)/t;5-/m.0/s1. The van der Waals surface area contributed by atoms with Crippen molar-refractivity contribution in [1.82, 2.24) is 19.7 Å². The number of nitrogens with two attached hydrogens (primary N) is 1. The van der Waals surface area contributed by atoms with E-state index in [1.807, 2.05) is 37.3 Å². The van der Waals surface area contributed by atoms with E-state index in [0.29, 0.717) is 23.7 Å². The lowest BCUT2D eigenvalue weighted by atomic mass is 10.0. The monoisotopic (exact) mass is 413 g/mol. The first-order valence-corrected chi connectivity index (χ1v) is 9.01. The fraction of sp³-hybridized carbons (Fsp3) is 0.444. The molecule has 0 spiro atoms. The third kappa shape index (κ3) is 5.69. The van der Waals surface area contributed by atoms with Gasteiger partial charge in [-0.3, -0.25) is 4.79 Å². The first kappa shape index (κ1) is 22.2. The van der Waals surface area contributed by atoms with Crippen molar-refractivity contribution in [1.29, 1.82) is 0 Å². The van der Waals surface area contributed by atoms with Gasteiger partial charge in [-0.25, -0.2) is 9.48 Å². The minimum Gasteiger partial charge on any atom is -0.480 e. The Morgan fingerprint density at radius 3 is 2.45 bits per heavy atom. The quantitative estimate of drug-likeness (QED) is 0.799. The van der Waals surface area contributed by atoms with Crippen molar-refractivity contribution >= 4 is 17.8 Å². The average Bonchev–Trinajstić information content (AvgIpc) is 3.08. The summed E-state index contributed by atoms with van der Waals surface area (Å²) in [5, 5.41) is 12.8. The van der Waals surface area contributed by atoms with E-state index >= 15 is 0 Å². The number of nitrogen functional groups attached to an aromatic ring is 1. The SMILES string of the molecule is CCn1nc(N)nc1-c1ccccc1.O=C(O)[C@@H]1CCCCN1C(=O)C(F)(F)F. The van der Waals surface area contributed by atoms with Crippen LogP contribution in [0.5, 0.6) is 0 Å². The summed E-state index contributed by atoms with van der Waals surface area (Å²) in [7, 11) is 0. The van der Waals surface area contributed by atoms with Crippen LogP contribution in [0.2, 0.25) is 0 Å².